The fraction of sp³-hybridized carbons (Fsp3) is 0.222. The first kappa shape index (κ1) is 6.40. The second-order valence-corrected chi connectivity index (χ2v) is 2.72. The van der Waals surface area contributed by atoms with Crippen molar-refractivity contribution in [1.29, 1.82) is 0 Å². The van der Waals surface area contributed by atoms with Crippen molar-refractivity contribution in [3.05, 3.63) is 29.5 Å². The van der Waals surface area contributed by atoms with Crippen molar-refractivity contribution in [3.8, 4) is 0 Å². The minimum atomic E-state index is 0.607. The number of anilines is 1. The standard InChI is InChI=1S/C9H10N2/c10-9-6-5-7-3-1-2-4-8(7)11-9/h2,4-6H,1,3H2,(H2,10,11). The van der Waals surface area contributed by atoms with Gasteiger partial charge >= 0.3 is 0 Å². The first-order valence-corrected chi connectivity index (χ1v) is 3.78. The average molecular weight is 146 g/mol. The van der Waals surface area contributed by atoms with E-state index in [2.05, 4.69) is 17.1 Å². The lowest BCUT2D eigenvalue weighted by atomic mass is 10.0. The van der Waals surface area contributed by atoms with Gasteiger partial charge in [0.05, 0.1) is 5.69 Å². The minimum Gasteiger partial charge on any atom is -0.384 e. The molecule has 1 aliphatic carbocycles. The number of hydrogen-bond donors (Lipinski definition) is 1. The molecule has 11 heavy (non-hydrogen) atoms. The van der Waals surface area contributed by atoms with Crippen LogP contribution in [0.15, 0.2) is 18.2 Å². The van der Waals surface area contributed by atoms with E-state index in [1.165, 1.54) is 5.56 Å². The van der Waals surface area contributed by atoms with Gasteiger partial charge in [0.25, 0.3) is 0 Å². The zero-order valence-corrected chi connectivity index (χ0v) is 6.25. The van der Waals surface area contributed by atoms with Crippen molar-refractivity contribution < 1.29 is 0 Å². The molecule has 56 valence electrons. The summed E-state index contributed by atoms with van der Waals surface area (Å²) in [7, 11) is 0. The lowest BCUT2D eigenvalue weighted by molar-refractivity contribution is 0.966. The Morgan fingerprint density at radius 2 is 2.27 bits per heavy atom. The highest BCUT2D eigenvalue weighted by molar-refractivity contribution is 5.54. The Hall–Kier alpha value is -1.31. The van der Waals surface area contributed by atoms with Gasteiger partial charge in [-0.25, -0.2) is 4.98 Å². The van der Waals surface area contributed by atoms with E-state index < -0.39 is 0 Å². The highest BCUT2D eigenvalue weighted by atomic mass is 14.8. The molecular formula is C9H10N2. The Bertz CT molecular complexity index is 302. The molecule has 0 unspecified atom stereocenters. The van der Waals surface area contributed by atoms with Crippen LogP contribution in [0.1, 0.15) is 17.7 Å². The number of nitrogen functional groups attached to an aromatic ring is 1. The van der Waals surface area contributed by atoms with Crippen LogP contribution in [-0.4, -0.2) is 4.98 Å². The van der Waals surface area contributed by atoms with Gasteiger partial charge in [-0.1, -0.05) is 12.1 Å². The van der Waals surface area contributed by atoms with E-state index in [1.807, 2.05) is 12.1 Å². The Morgan fingerprint density at radius 3 is 3.18 bits per heavy atom. The number of allylic oxidation sites excluding steroid dienone is 1. The third-order valence-corrected chi connectivity index (χ3v) is 1.89. The molecule has 1 aliphatic rings. The van der Waals surface area contributed by atoms with Crippen LogP contribution in [0, 0.1) is 0 Å². The fourth-order valence-corrected chi connectivity index (χ4v) is 1.31. The maximum atomic E-state index is 5.54. The molecule has 1 aromatic rings. The van der Waals surface area contributed by atoms with Gasteiger partial charge in [0, 0.05) is 0 Å². The molecule has 2 nitrogen and oxygen atoms in total. The van der Waals surface area contributed by atoms with Gasteiger partial charge < -0.3 is 5.73 Å². The van der Waals surface area contributed by atoms with Gasteiger partial charge in [0.2, 0.25) is 0 Å². The quantitative estimate of drug-likeness (QED) is 0.604. The summed E-state index contributed by atoms with van der Waals surface area (Å²) in [5.74, 6) is 0.607. The van der Waals surface area contributed by atoms with Crippen molar-refractivity contribution in [2.45, 2.75) is 12.8 Å². The van der Waals surface area contributed by atoms with Gasteiger partial charge in [-0.05, 0) is 30.5 Å². The molecule has 0 saturated heterocycles. The van der Waals surface area contributed by atoms with E-state index in [0.717, 1.165) is 18.5 Å². The van der Waals surface area contributed by atoms with E-state index in [4.69, 9.17) is 5.73 Å². The summed E-state index contributed by atoms with van der Waals surface area (Å²) in [6.07, 6.45) is 6.39. The van der Waals surface area contributed by atoms with E-state index in [9.17, 15) is 0 Å². The fourth-order valence-electron chi connectivity index (χ4n) is 1.31. The second-order valence-electron chi connectivity index (χ2n) is 2.72. The Kier molecular flexibility index (Phi) is 1.39. The van der Waals surface area contributed by atoms with Gasteiger partial charge in [0.1, 0.15) is 5.82 Å². The third kappa shape index (κ3) is 1.11. The van der Waals surface area contributed by atoms with E-state index >= 15 is 0 Å². The van der Waals surface area contributed by atoms with Crippen LogP contribution in [0.3, 0.4) is 0 Å². The van der Waals surface area contributed by atoms with E-state index in [-0.39, 0.29) is 0 Å². The molecule has 1 aromatic heterocycles. The summed E-state index contributed by atoms with van der Waals surface area (Å²) in [6, 6.07) is 3.92. The summed E-state index contributed by atoms with van der Waals surface area (Å²) in [5.41, 5.74) is 7.88. The second kappa shape index (κ2) is 2.38. The van der Waals surface area contributed by atoms with Gasteiger partial charge in [-0.3, -0.25) is 0 Å². The molecule has 1 heterocycles. The van der Waals surface area contributed by atoms with Crippen LogP contribution in [0.2, 0.25) is 0 Å². The van der Waals surface area contributed by atoms with Crippen LogP contribution < -0.4 is 5.73 Å². The number of aryl methyl sites for hydroxylation is 1. The van der Waals surface area contributed by atoms with Crippen LogP contribution in [0.5, 0.6) is 0 Å². The number of fused-ring (bicyclic) bond motifs is 1. The SMILES string of the molecule is Nc1ccc2c(n1)C=CCC2. The summed E-state index contributed by atoms with van der Waals surface area (Å²) in [5, 5.41) is 0. The lowest BCUT2D eigenvalue weighted by Crippen LogP contribution is -1.99. The Morgan fingerprint density at radius 1 is 1.36 bits per heavy atom. The number of pyridine rings is 1. The Labute approximate surface area is 65.8 Å². The molecule has 2 heteroatoms. The van der Waals surface area contributed by atoms with Gasteiger partial charge in [-0.2, -0.15) is 0 Å². The van der Waals surface area contributed by atoms with Gasteiger partial charge in [-0.15, -0.1) is 0 Å². The zero-order chi connectivity index (χ0) is 7.68. The van der Waals surface area contributed by atoms with Gasteiger partial charge in [0.15, 0.2) is 0 Å². The molecular weight excluding hydrogens is 136 g/mol. The lowest BCUT2D eigenvalue weighted by Gasteiger charge is -2.08. The van der Waals surface area contributed by atoms with Crippen molar-refractivity contribution in [2.24, 2.45) is 0 Å². The molecule has 2 rings (SSSR count). The number of hydrogen-bond acceptors (Lipinski definition) is 2. The summed E-state index contributed by atoms with van der Waals surface area (Å²) in [4.78, 5) is 4.20. The molecule has 0 atom stereocenters. The largest absolute Gasteiger partial charge is 0.384 e. The smallest absolute Gasteiger partial charge is 0.124 e. The maximum Gasteiger partial charge on any atom is 0.124 e. The van der Waals surface area contributed by atoms with E-state index in [1.54, 1.807) is 0 Å². The maximum absolute atomic E-state index is 5.54. The third-order valence-electron chi connectivity index (χ3n) is 1.89. The molecule has 0 radical (unpaired) electrons. The zero-order valence-electron chi connectivity index (χ0n) is 6.25. The number of aromatic nitrogens is 1. The molecule has 0 fully saturated rings. The summed E-state index contributed by atoms with van der Waals surface area (Å²) >= 11 is 0. The molecule has 0 bridgehead atoms. The van der Waals surface area contributed by atoms with Crippen molar-refractivity contribution in [3.63, 3.8) is 0 Å². The van der Waals surface area contributed by atoms with E-state index in [0.29, 0.717) is 5.82 Å². The summed E-state index contributed by atoms with van der Waals surface area (Å²) in [6.45, 7) is 0. The average Bonchev–Trinajstić information content (AvgIpc) is 2.04. The molecule has 2 N–H and O–H groups in total. The molecule has 0 aliphatic heterocycles. The molecule has 0 amide bonds. The Balaban J connectivity index is 2.54. The highest BCUT2D eigenvalue weighted by Crippen LogP contribution is 2.17. The molecule has 0 saturated carbocycles. The van der Waals surface area contributed by atoms with Crippen LogP contribution in [0.25, 0.3) is 6.08 Å². The predicted molar refractivity (Wildman–Crippen MR) is 46.0 cm³/mol. The minimum absolute atomic E-state index is 0.607. The number of nitrogens with two attached hydrogens (primary N) is 1. The first-order valence-electron chi connectivity index (χ1n) is 3.78. The normalized spacial score (nSPS) is 14.5. The molecule has 0 spiro atoms. The highest BCUT2D eigenvalue weighted by Gasteiger charge is 2.04. The van der Waals surface area contributed by atoms with Crippen molar-refractivity contribution in [1.82, 2.24) is 4.98 Å². The van der Waals surface area contributed by atoms with Crippen LogP contribution in [0.4, 0.5) is 5.82 Å². The number of rotatable bonds is 0. The summed E-state index contributed by atoms with van der Waals surface area (Å²) < 4.78 is 0. The van der Waals surface area contributed by atoms with Crippen LogP contribution >= 0.6 is 0 Å². The first-order chi connectivity index (χ1) is 5.36. The number of nitrogens with zero attached hydrogens (tertiary/aromatic N) is 1. The van der Waals surface area contributed by atoms with Crippen molar-refractivity contribution in [2.75, 3.05) is 5.73 Å². The monoisotopic (exact) mass is 146 g/mol. The topological polar surface area (TPSA) is 38.9 Å². The van der Waals surface area contributed by atoms with Crippen LogP contribution in [-0.2, 0) is 6.42 Å². The van der Waals surface area contributed by atoms with Crippen molar-refractivity contribution >= 4 is 11.9 Å². The predicted octanol–water partition coefficient (Wildman–Crippen LogP) is 1.62. The molecule has 0 aromatic carbocycles.